The van der Waals surface area contributed by atoms with Crippen LogP contribution in [0.15, 0.2) is 6.20 Å². The minimum atomic E-state index is -0.456. The van der Waals surface area contributed by atoms with Crippen molar-refractivity contribution in [2.45, 2.75) is 6.54 Å². The third kappa shape index (κ3) is 3.24. The van der Waals surface area contributed by atoms with Gasteiger partial charge in [-0.05, 0) is 0 Å². The second kappa shape index (κ2) is 5.74. The molecule has 0 spiro atoms. The Balaban J connectivity index is 1.82. The van der Waals surface area contributed by atoms with Crippen LogP contribution in [0.3, 0.4) is 0 Å². The van der Waals surface area contributed by atoms with Crippen LogP contribution in [0.5, 0.6) is 0 Å². The second-order valence-electron chi connectivity index (χ2n) is 3.81. The van der Waals surface area contributed by atoms with Gasteiger partial charge in [-0.25, -0.2) is 4.79 Å². The van der Waals surface area contributed by atoms with E-state index in [-0.39, 0.29) is 5.69 Å². The molecule has 0 N–H and O–H groups in total. The van der Waals surface area contributed by atoms with Gasteiger partial charge in [0.15, 0.2) is 5.69 Å². The topological polar surface area (TPSA) is 69.5 Å². The van der Waals surface area contributed by atoms with Crippen LogP contribution in [-0.2, 0) is 16.0 Å². The monoisotopic (exact) mass is 240 g/mol. The van der Waals surface area contributed by atoms with E-state index < -0.39 is 5.97 Å². The van der Waals surface area contributed by atoms with Gasteiger partial charge in [0.2, 0.25) is 0 Å². The summed E-state index contributed by atoms with van der Waals surface area (Å²) in [4.78, 5) is 13.5. The lowest BCUT2D eigenvalue weighted by molar-refractivity contribution is 0.0359. The smallest absolute Gasteiger partial charge is 0.360 e. The van der Waals surface area contributed by atoms with Crippen LogP contribution in [0.1, 0.15) is 10.5 Å². The van der Waals surface area contributed by atoms with Crippen molar-refractivity contribution in [3.8, 4) is 0 Å². The van der Waals surface area contributed by atoms with Crippen LogP contribution in [0.4, 0.5) is 0 Å². The molecular weight excluding hydrogens is 224 g/mol. The second-order valence-corrected chi connectivity index (χ2v) is 3.81. The summed E-state index contributed by atoms with van der Waals surface area (Å²) in [5, 5.41) is 7.62. The Morgan fingerprint density at radius 3 is 2.94 bits per heavy atom. The fourth-order valence-corrected chi connectivity index (χ4v) is 1.67. The average molecular weight is 240 g/mol. The Bertz CT molecular complexity index is 373. The molecule has 0 unspecified atom stereocenters. The van der Waals surface area contributed by atoms with E-state index in [2.05, 4.69) is 19.9 Å². The van der Waals surface area contributed by atoms with Crippen molar-refractivity contribution >= 4 is 5.97 Å². The highest BCUT2D eigenvalue weighted by Crippen LogP contribution is 1.99. The number of esters is 1. The van der Waals surface area contributed by atoms with Gasteiger partial charge in [0.1, 0.15) is 0 Å². The Labute approximate surface area is 99.3 Å². The number of carbonyl (C=O) groups is 1. The number of morpholine rings is 1. The molecule has 0 aromatic carbocycles. The lowest BCUT2D eigenvalue weighted by Gasteiger charge is -2.26. The predicted octanol–water partition coefficient (Wildman–Crippen LogP) is -0.603. The van der Waals surface area contributed by atoms with Crippen LogP contribution < -0.4 is 0 Å². The first-order chi connectivity index (χ1) is 8.29. The number of methoxy groups -OCH3 is 1. The van der Waals surface area contributed by atoms with Crippen LogP contribution in [0.25, 0.3) is 0 Å². The molecule has 0 radical (unpaired) electrons. The molecule has 17 heavy (non-hydrogen) atoms. The molecule has 1 aliphatic rings. The van der Waals surface area contributed by atoms with Gasteiger partial charge >= 0.3 is 5.97 Å². The molecule has 2 heterocycles. The summed E-state index contributed by atoms with van der Waals surface area (Å²) in [6.07, 6.45) is 1.60. The first-order valence-electron chi connectivity index (χ1n) is 5.58. The van der Waals surface area contributed by atoms with E-state index >= 15 is 0 Å². The quantitative estimate of drug-likeness (QED) is 0.654. The fraction of sp³-hybridized carbons (Fsp3) is 0.700. The summed E-state index contributed by atoms with van der Waals surface area (Å²) < 4.78 is 11.5. The minimum Gasteiger partial charge on any atom is -0.464 e. The summed E-state index contributed by atoms with van der Waals surface area (Å²) in [7, 11) is 1.33. The van der Waals surface area contributed by atoms with Crippen molar-refractivity contribution in [1.82, 2.24) is 19.9 Å². The molecule has 1 aliphatic heterocycles. The van der Waals surface area contributed by atoms with Crippen molar-refractivity contribution in [3.05, 3.63) is 11.9 Å². The van der Waals surface area contributed by atoms with E-state index in [1.165, 1.54) is 7.11 Å². The largest absolute Gasteiger partial charge is 0.464 e. The Hall–Kier alpha value is -1.47. The molecule has 0 amide bonds. The molecule has 7 nitrogen and oxygen atoms in total. The van der Waals surface area contributed by atoms with Crippen molar-refractivity contribution in [2.24, 2.45) is 0 Å². The summed E-state index contributed by atoms with van der Waals surface area (Å²) in [6, 6.07) is 0. The van der Waals surface area contributed by atoms with Gasteiger partial charge in [-0.2, -0.15) is 0 Å². The van der Waals surface area contributed by atoms with E-state index in [0.717, 1.165) is 32.8 Å². The number of carbonyl (C=O) groups excluding carboxylic acids is 1. The molecule has 7 heteroatoms. The Morgan fingerprint density at radius 1 is 1.47 bits per heavy atom. The number of hydrogen-bond acceptors (Lipinski definition) is 6. The SMILES string of the molecule is COC(=O)c1cn(CCN2CCOCC2)nn1. The standard InChI is InChI=1S/C10H16N4O3/c1-16-10(15)9-8-14(12-11-9)3-2-13-4-6-17-7-5-13/h8H,2-7H2,1H3. The third-order valence-corrected chi connectivity index (χ3v) is 2.68. The normalized spacial score (nSPS) is 17.0. The van der Waals surface area contributed by atoms with E-state index in [1.54, 1.807) is 10.9 Å². The first-order valence-corrected chi connectivity index (χ1v) is 5.58. The van der Waals surface area contributed by atoms with Crippen LogP contribution >= 0.6 is 0 Å². The first kappa shape index (κ1) is 12.0. The molecule has 0 atom stereocenters. The van der Waals surface area contributed by atoms with Crippen LogP contribution in [0, 0.1) is 0 Å². The van der Waals surface area contributed by atoms with Gasteiger partial charge < -0.3 is 9.47 Å². The Kier molecular flexibility index (Phi) is 4.05. The highest BCUT2D eigenvalue weighted by Gasteiger charge is 2.12. The van der Waals surface area contributed by atoms with E-state index in [9.17, 15) is 4.79 Å². The lowest BCUT2D eigenvalue weighted by atomic mass is 10.4. The molecular formula is C10H16N4O3. The van der Waals surface area contributed by atoms with Crippen molar-refractivity contribution < 1.29 is 14.3 Å². The molecule has 2 rings (SSSR count). The zero-order valence-electron chi connectivity index (χ0n) is 9.83. The number of rotatable bonds is 4. The molecule has 1 fully saturated rings. The molecule has 1 aromatic heterocycles. The minimum absolute atomic E-state index is 0.245. The molecule has 0 saturated carbocycles. The van der Waals surface area contributed by atoms with Gasteiger partial charge in [-0.1, -0.05) is 5.21 Å². The summed E-state index contributed by atoms with van der Waals surface area (Å²) in [6.45, 7) is 5.05. The van der Waals surface area contributed by atoms with E-state index in [0.29, 0.717) is 6.54 Å². The van der Waals surface area contributed by atoms with Crippen molar-refractivity contribution in [2.75, 3.05) is 40.0 Å². The number of ether oxygens (including phenoxy) is 2. The lowest BCUT2D eigenvalue weighted by Crippen LogP contribution is -2.38. The summed E-state index contributed by atoms with van der Waals surface area (Å²) in [5.41, 5.74) is 0.245. The maximum atomic E-state index is 11.2. The fourth-order valence-electron chi connectivity index (χ4n) is 1.67. The van der Waals surface area contributed by atoms with Crippen molar-refractivity contribution in [3.63, 3.8) is 0 Å². The summed E-state index contributed by atoms with van der Waals surface area (Å²) in [5.74, 6) is -0.456. The highest BCUT2D eigenvalue weighted by atomic mass is 16.5. The van der Waals surface area contributed by atoms with Gasteiger partial charge in [0.25, 0.3) is 0 Å². The summed E-state index contributed by atoms with van der Waals surface area (Å²) >= 11 is 0. The van der Waals surface area contributed by atoms with Crippen molar-refractivity contribution in [1.29, 1.82) is 0 Å². The Morgan fingerprint density at radius 2 is 2.24 bits per heavy atom. The van der Waals surface area contributed by atoms with Gasteiger partial charge in [0, 0.05) is 19.6 Å². The van der Waals surface area contributed by atoms with Gasteiger partial charge in [0.05, 0.1) is 33.1 Å². The van der Waals surface area contributed by atoms with Crippen LogP contribution in [0.2, 0.25) is 0 Å². The zero-order valence-corrected chi connectivity index (χ0v) is 9.83. The predicted molar refractivity (Wildman–Crippen MR) is 58.6 cm³/mol. The highest BCUT2D eigenvalue weighted by molar-refractivity contribution is 5.86. The number of aromatic nitrogens is 3. The molecule has 94 valence electrons. The van der Waals surface area contributed by atoms with Gasteiger partial charge in [-0.15, -0.1) is 5.10 Å². The number of nitrogens with zero attached hydrogens (tertiary/aromatic N) is 4. The zero-order chi connectivity index (χ0) is 12.1. The molecule has 0 aliphatic carbocycles. The molecule has 1 saturated heterocycles. The maximum Gasteiger partial charge on any atom is 0.360 e. The maximum absolute atomic E-state index is 11.2. The average Bonchev–Trinajstić information content (AvgIpc) is 2.85. The van der Waals surface area contributed by atoms with E-state index in [1.807, 2.05) is 0 Å². The van der Waals surface area contributed by atoms with E-state index in [4.69, 9.17) is 4.74 Å². The van der Waals surface area contributed by atoms with Gasteiger partial charge in [-0.3, -0.25) is 9.58 Å². The number of hydrogen-bond donors (Lipinski definition) is 0. The third-order valence-electron chi connectivity index (χ3n) is 2.68. The molecule has 1 aromatic rings. The van der Waals surface area contributed by atoms with Crippen LogP contribution in [-0.4, -0.2) is 65.8 Å². The molecule has 0 bridgehead atoms.